The molecule has 1 heterocycles. The first-order valence-electron chi connectivity index (χ1n) is 8.19. The van der Waals surface area contributed by atoms with Crippen LogP contribution < -0.4 is 0 Å². The maximum absolute atomic E-state index is 8.82. The molecule has 0 atom stereocenters. The van der Waals surface area contributed by atoms with E-state index in [0.29, 0.717) is 13.0 Å². The summed E-state index contributed by atoms with van der Waals surface area (Å²) in [4.78, 5) is 2.33. The van der Waals surface area contributed by atoms with Gasteiger partial charge in [0.15, 0.2) is 0 Å². The zero-order valence-electron chi connectivity index (χ0n) is 13.3. The van der Waals surface area contributed by atoms with Gasteiger partial charge in [-0.05, 0) is 17.5 Å². The summed E-state index contributed by atoms with van der Waals surface area (Å²) in [5.41, 5.74) is 2.01. The molecule has 1 aliphatic rings. The number of hydrogen-bond donors (Lipinski definition) is 0. The fourth-order valence-corrected chi connectivity index (χ4v) is 3.32. The molecule has 0 unspecified atom stereocenters. The summed E-state index contributed by atoms with van der Waals surface area (Å²) in [6, 6.07) is 23.2. The third-order valence-corrected chi connectivity index (χ3v) is 4.56. The van der Waals surface area contributed by atoms with Gasteiger partial charge in [-0.15, -0.1) is 0 Å². The van der Waals surface area contributed by atoms with Crippen LogP contribution in [0, 0.1) is 11.3 Å². The van der Waals surface area contributed by atoms with E-state index in [0.717, 1.165) is 26.1 Å². The van der Waals surface area contributed by atoms with Crippen molar-refractivity contribution in [1.82, 2.24) is 4.90 Å². The predicted octanol–water partition coefficient (Wildman–Crippen LogP) is 3.57. The SMILES string of the molecule is N#CCCN1CCOC(c2ccccc2)(c2ccccc2)CC1. The first kappa shape index (κ1) is 15.7. The second-order valence-electron chi connectivity index (χ2n) is 5.91. The Morgan fingerprint density at radius 2 is 1.57 bits per heavy atom. The van der Waals surface area contributed by atoms with Crippen molar-refractivity contribution in [1.29, 1.82) is 5.26 Å². The van der Waals surface area contributed by atoms with Crippen LogP contribution in [0.5, 0.6) is 0 Å². The van der Waals surface area contributed by atoms with E-state index in [9.17, 15) is 0 Å². The van der Waals surface area contributed by atoms with Crippen LogP contribution in [0.25, 0.3) is 0 Å². The monoisotopic (exact) mass is 306 g/mol. The van der Waals surface area contributed by atoms with Crippen LogP contribution >= 0.6 is 0 Å². The van der Waals surface area contributed by atoms with E-state index in [1.54, 1.807) is 0 Å². The van der Waals surface area contributed by atoms with Crippen molar-refractivity contribution in [3.63, 3.8) is 0 Å². The smallest absolute Gasteiger partial charge is 0.119 e. The molecule has 0 aliphatic carbocycles. The molecular formula is C20H22N2O. The summed E-state index contributed by atoms with van der Waals surface area (Å²) in [7, 11) is 0. The highest BCUT2D eigenvalue weighted by molar-refractivity contribution is 5.36. The summed E-state index contributed by atoms with van der Waals surface area (Å²) < 4.78 is 6.45. The molecule has 0 spiro atoms. The van der Waals surface area contributed by atoms with E-state index >= 15 is 0 Å². The first-order valence-corrected chi connectivity index (χ1v) is 8.19. The number of nitrogens with zero attached hydrogens (tertiary/aromatic N) is 2. The van der Waals surface area contributed by atoms with Crippen LogP contribution in [-0.4, -0.2) is 31.1 Å². The van der Waals surface area contributed by atoms with Crippen LogP contribution in [0.2, 0.25) is 0 Å². The molecule has 1 aliphatic heterocycles. The molecular weight excluding hydrogens is 284 g/mol. The molecule has 0 aromatic heterocycles. The van der Waals surface area contributed by atoms with E-state index in [4.69, 9.17) is 10.00 Å². The number of benzene rings is 2. The quantitative estimate of drug-likeness (QED) is 0.866. The molecule has 23 heavy (non-hydrogen) atoms. The van der Waals surface area contributed by atoms with Gasteiger partial charge in [0.25, 0.3) is 0 Å². The lowest BCUT2D eigenvalue weighted by atomic mass is 9.83. The summed E-state index contributed by atoms with van der Waals surface area (Å²) in [6.07, 6.45) is 1.47. The number of ether oxygens (including phenoxy) is 1. The Balaban J connectivity index is 1.93. The number of hydrogen-bond acceptors (Lipinski definition) is 3. The Morgan fingerprint density at radius 1 is 0.957 bits per heavy atom. The van der Waals surface area contributed by atoms with Gasteiger partial charge in [0, 0.05) is 26.1 Å². The van der Waals surface area contributed by atoms with E-state index in [1.807, 2.05) is 12.1 Å². The van der Waals surface area contributed by atoms with Gasteiger partial charge in [0.1, 0.15) is 5.60 Å². The lowest BCUT2D eigenvalue weighted by molar-refractivity contribution is -0.0101. The van der Waals surface area contributed by atoms with Crippen LogP contribution in [0.4, 0.5) is 0 Å². The molecule has 3 heteroatoms. The summed E-state index contributed by atoms with van der Waals surface area (Å²) >= 11 is 0. The van der Waals surface area contributed by atoms with Gasteiger partial charge in [0.05, 0.1) is 12.7 Å². The Hall–Kier alpha value is -2.15. The zero-order chi connectivity index (χ0) is 16.0. The molecule has 0 amide bonds. The zero-order valence-corrected chi connectivity index (χ0v) is 13.3. The maximum atomic E-state index is 8.82. The lowest BCUT2D eigenvalue weighted by Gasteiger charge is -2.34. The summed E-state index contributed by atoms with van der Waals surface area (Å²) in [6.45, 7) is 3.31. The highest BCUT2D eigenvalue weighted by Crippen LogP contribution is 2.38. The van der Waals surface area contributed by atoms with Crippen LogP contribution in [0.3, 0.4) is 0 Å². The van der Waals surface area contributed by atoms with Crippen LogP contribution in [0.15, 0.2) is 60.7 Å². The van der Waals surface area contributed by atoms with Crippen molar-refractivity contribution < 1.29 is 4.74 Å². The number of nitriles is 1. The normalized spacial score (nSPS) is 18.0. The van der Waals surface area contributed by atoms with E-state index in [2.05, 4.69) is 59.5 Å². The minimum absolute atomic E-state index is 0.399. The minimum Gasteiger partial charge on any atom is -0.364 e. The summed E-state index contributed by atoms with van der Waals surface area (Å²) in [5, 5.41) is 8.82. The Labute approximate surface area is 138 Å². The third-order valence-electron chi connectivity index (χ3n) is 4.56. The van der Waals surface area contributed by atoms with E-state index in [-0.39, 0.29) is 0 Å². The van der Waals surface area contributed by atoms with Crippen LogP contribution in [0.1, 0.15) is 24.0 Å². The molecule has 118 valence electrons. The first-order chi connectivity index (χ1) is 11.3. The average Bonchev–Trinajstić information content (AvgIpc) is 2.85. The Morgan fingerprint density at radius 3 is 2.13 bits per heavy atom. The van der Waals surface area contributed by atoms with Crippen molar-refractivity contribution in [3.8, 4) is 6.07 Å². The second kappa shape index (κ2) is 7.41. The van der Waals surface area contributed by atoms with E-state index < -0.39 is 5.60 Å². The summed E-state index contributed by atoms with van der Waals surface area (Å²) in [5.74, 6) is 0. The molecule has 2 aromatic carbocycles. The van der Waals surface area contributed by atoms with Gasteiger partial charge >= 0.3 is 0 Å². The molecule has 2 aromatic rings. The highest BCUT2D eigenvalue weighted by Gasteiger charge is 2.37. The molecule has 3 rings (SSSR count). The van der Waals surface area contributed by atoms with Crippen molar-refractivity contribution in [2.24, 2.45) is 0 Å². The minimum atomic E-state index is -0.399. The van der Waals surface area contributed by atoms with Gasteiger partial charge in [0.2, 0.25) is 0 Å². The average molecular weight is 306 g/mol. The molecule has 0 N–H and O–H groups in total. The predicted molar refractivity (Wildman–Crippen MR) is 90.9 cm³/mol. The topological polar surface area (TPSA) is 36.3 Å². The Bertz CT molecular complexity index is 609. The molecule has 3 nitrogen and oxygen atoms in total. The maximum Gasteiger partial charge on any atom is 0.119 e. The number of rotatable bonds is 4. The highest BCUT2D eigenvalue weighted by atomic mass is 16.5. The second-order valence-corrected chi connectivity index (χ2v) is 5.91. The van der Waals surface area contributed by atoms with Crippen molar-refractivity contribution in [3.05, 3.63) is 71.8 Å². The fourth-order valence-electron chi connectivity index (χ4n) is 3.32. The molecule has 1 fully saturated rings. The molecule has 0 saturated carbocycles. The van der Waals surface area contributed by atoms with Crippen LogP contribution in [-0.2, 0) is 10.3 Å². The van der Waals surface area contributed by atoms with Crippen molar-refractivity contribution in [2.75, 3.05) is 26.2 Å². The van der Waals surface area contributed by atoms with Gasteiger partial charge in [-0.3, -0.25) is 4.90 Å². The largest absolute Gasteiger partial charge is 0.364 e. The lowest BCUT2D eigenvalue weighted by Crippen LogP contribution is -2.32. The molecule has 0 radical (unpaired) electrons. The third kappa shape index (κ3) is 3.44. The van der Waals surface area contributed by atoms with Gasteiger partial charge < -0.3 is 4.74 Å². The standard InChI is InChI=1S/C20H22N2O/c21-13-7-14-22-15-12-20(23-17-16-22,18-8-3-1-4-9-18)19-10-5-2-6-11-19/h1-6,8-11H,7,12,14-17H2. The van der Waals surface area contributed by atoms with E-state index in [1.165, 1.54) is 11.1 Å². The fraction of sp³-hybridized carbons (Fsp3) is 0.350. The van der Waals surface area contributed by atoms with Gasteiger partial charge in [-0.25, -0.2) is 0 Å². The van der Waals surface area contributed by atoms with Crippen molar-refractivity contribution in [2.45, 2.75) is 18.4 Å². The van der Waals surface area contributed by atoms with Crippen molar-refractivity contribution >= 4 is 0 Å². The van der Waals surface area contributed by atoms with Gasteiger partial charge in [-0.2, -0.15) is 5.26 Å². The van der Waals surface area contributed by atoms with Gasteiger partial charge in [-0.1, -0.05) is 60.7 Å². The molecule has 0 bridgehead atoms. The Kier molecular flexibility index (Phi) is 5.07. The molecule has 1 saturated heterocycles.